The molecule has 0 fully saturated rings. The molecule has 0 saturated carbocycles. The second-order valence-electron chi connectivity index (χ2n) is 4.96. The number of hydrogen-bond acceptors (Lipinski definition) is 2. The summed E-state index contributed by atoms with van der Waals surface area (Å²) in [5, 5.41) is 3.65. The number of hydrogen-bond donors (Lipinski definition) is 1. The molecule has 2 aromatic rings. The molecule has 2 amide bonds. The summed E-state index contributed by atoms with van der Waals surface area (Å²) in [6, 6.07) is 12.3. The van der Waals surface area contributed by atoms with Crippen LogP contribution >= 0.6 is 23.2 Å². The lowest BCUT2D eigenvalue weighted by Gasteiger charge is -2.28. The Morgan fingerprint density at radius 2 is 1.78 bits per heavy atom. The first-order valence-electron chi connectivity index (χ1n) is 6.89. The van der Waals surface area contributed by atoms with Crippen LogP contribution < -0.4 is 10.2 Å². The van der Waals surface area contributed by atoms with Crippen molar-refractivity contribution in [2.24, 2.45) is 0 Å². The van der Waals surface area contributed by atoms with Crippen LogP contribution in [0.2, 0.25) is 10.0 Å². The smallest absolute Gasteiger partial charge is 0.251 e. The number of carbonyl (C=O) groups excluding carboxylic acids is 2. The number of halogens is 2. The number of rotatable bonds is 2. The van der Waals surface area contributed by atoms with E-state index in [-0.39, 0.29) is 18.4 Å². The monoisotopic (exact) mass is 346 g/mol. The second-order valence-corrected chi connectivity index (χ2v) is 5.77. The van der Waals surface area contributed by atoms with E-state index in [9.17, 15) is 9.59 Å². The molecule has 6 heteroatoms. The van der Waals surface area contributed by atoms with Crippen LogP contribution in [-0.4, -0.2) is 18.4 Å². The molecule has 0 aromatic heterocycles. The Morgan fingerprint density at radius 1 is 1.09 bits per heavy atom. The molecule has 0 aliphatic carbocycles. The van der Waals surface area contributed by atoms with Crippen molar-refractivity contribution in [1.82, 2.24) is 0 Å². The van der Waals surface area contributed by atoms with Crippen molar-refractivity contribution in [1.29, 1.82) is 0 Å². The summed E-state index contributed by atoms with van der Waals surface area (Å²) >= 11 is 12.2. The first-order chi connectivity index (χ1) is 11.1. The molecule has 0 bridgehead atoms. The molecular weight excluding hydrogens is 335 g/mol. The maximum atomic E-state index is 12.5. The van der Waals surface area contributed by atoms with Crippen molar-refractivity contribution in [3.05, 3.63) is 64.1 Å². The van der Waals surface area contributed by atoms with E-state index >= 15 is 0 Å². The van der Waals surface area contributed by atoms with Crippen LogP contribution in [0.1, 0.15) is 5.56 Å². The summed E-state index contributed by atoms with van der Waals surface area (Å²) in [6.07, 6.45) is 2.92. The van der Waals surface area contributed by atoms with Crippen molar-refractivity contribution in [3.63, 3.8) is 0 Å². The molecule has 0 unspecified atom stereocenters. The zero-order valence-electron chi connectivity index (χ0n) is 11.9. The molecule has 0 radical (unpaired) electrons. The predicted octanol–water partition coefficient (Wildman–Crippen LogP) is 3.99. The number of amides is 2. The molecule has 0 atom stereocenters. The van der Waals surface area contributed by atoms with Gasteiger partial charge in [-0.1, -0.05) is 41.4 Å². The summed E-state index contributed by atoms with van der Waals surface area (Å²) < 4.78 is 0. The van der Waals surface area contributed by atoms with Gasteiger partial charge in [0.05, 0.1) is 11.4 Å². The zero-order valence-corrected chi connectivity index (χ0v) is 13.4. The lowest BCUT2D eigenvalue weighted by atomic mass is 10.1. The molecule has 3 rings (SSSR count). The highest BCUT2D eigenvalue weighted by molar-refractivity contribution is 6.37. The Labute approximate surface area is 143 Å². The van der Waals surface area contributed by atoms with Gasteiger partial charge in [0, 0.05) is 21.7 Å². The van der Waals surface area contributed by atoms with Gasteiger partial charge in [-0.3, -0.25) is 14.5 Å². The maximum Gasteiger partial charge on any atom is 0.251 e. The van der Waals surface area contributed by atoms with Gasteiger partial charge in [0.1, 0.15) is 6.54 Å². The maximum absolute atomic E-state index is 12.5. The third-order valence-electron chi connectivity index (χ3n) is 3.43. The zero-order chi connectivity index (χ0) is 16.4. The van der Waals surface area contributed by atoms with E-state index in [4.69, 9.17) is 23.2 Å². The fourth-order valence-electron chi connectivity index (χ4n) is 2.34. The molecular formula is C17H12Cl2N2O2. The molecule has 23 heavy (non-hydrogen) atoms. The van der Waals surface area contributed by atoms with Crippen LogP contribution in [0.25, 0.3) is 6.08 Å². The molecule has 116 valence electrons. The normalized spacial score (nSPS) is 13.8. The van der Waals surface area contributed by atoms with Crippen molar-refractivity contribution in [2.75, 3.05) is 16.8 Å². The second kappa shape index (κ2) is 6.44. The largest absolute Gasteiger partial charge is 0.323 e. The first-order valence-corrected chi connectivity index (χ1v) is 7.64. The van der Waals surface area contributed by atoms with Crippen molar-refractivity contribution >= 4 is 52.5 Å². The number of nitrogens with one attached hydrogen (secondary N) is 1. The third kappa shape index (κ3) is 3.23. The topological polar surface area (TPSA) is 49.4 Å². The van der Waals surface area contributed by atoms with Crippen LogP contribution in [0.3, 0.4) is 0 Å². The van der Waals surface area contributed by atoms with Gasteiger partial charge in [-0.25, -0.2) is 0 Å². The van der Waals surface area contributed by atoms with Gasteiger partial charge in [-0.15, -0.1) is 0 Å². The molecule has 1 aliphatic rings. The average molecular weight is 347 g/mol. The lowest BCUT2D eigenvalue weighted by Crippen LogP contribution is -2.41. The number of nitrogens with zero attached hydrogens (tertiary/aromatic N) is 1. The van der Waals surface area contributed by atoms with E-state index in [0.717, 1.165) is 0 Å². The summed E-state index contributed by atoms with van der Waals surface area (Å²) in [5.41, 5.74) is 1.84. The van der Waals surface area contributed by atoms with Crippen LogP contribution in [-0.2, 0) is 9.59 Å². The lowest BCUT2D eigenvalue weighted by molar-refractivity contribution is -0.119. The van der Waals surface area contributed by atoms with Crippen LogP contribution in [0.5, 0.6) is 0 Å². The Balaban J connectivity index is 1.89. The van der Waals surface area contributed by atoms with E-state index in [0.29, 0.717) is 27.0 Å². The SMILES string of the molecule is O=C1CN(C(=O)/C=C/c2c(Cl)cccc2Cl)c2ccccc2N1. The van der Waals surface area contributed by atoms with E-state index in [2.05, 4.69) is 5.32 Å². The molecule has 0 spiro atoms. The third-order valence-corrected chi connectivity index (χ3v) is 4.09. The van der Waals surface area contributed by atoms with Gasteiger partial charge in [0.2, 0.25) is 5.91 Å². The summed E-state index contributed by atoms with van der Waals surface area (Å²) in [4.78, 5) is 25.6. The van der Waals surface area contributed by atoms with E-state index in [1.807, 2.05) is 6.07 Å². The van der Waals surface area contributed by atoms with Crippen LogP contribution in [0.15, 0.2) is 48.5 Å². The molecule has 0 saturated heterocycles. The number of carbonyl (C=O) groups is 2. The Hall–Kier alpha value is -2.30. The Kier molecular flexibility index (Phi) is 4.37. The fourth-order valence-corrected chi connectivity index (χ4v) is 2.87. The Bertz CT molecular complexity index is 798. The summed E-state index contributed by atoms with van der Waals surface area (Å²) in [5.74, 6) is -0.551. The van der Waals surface area contributed by atoms with Gasteiger partial charge in [0.25, 0.3) is 5.91 Å². The Morgan fingerprint density at radius 3 is 2.52 bits per heavy atom. The summed E-state index contributed by atoms with van der Waals surface area (Å²) in [7, 11) is 0. The number of fused-ring (bicyclic) bond motifs is 1. The van der Waals surface area contributed by atoms with E-state index in [1.165, 1.54) is 11.0 Å². The standard InChI is InChI=1S/C17H12Cl2N2O2/c18-12-4-3-5-13(19)11(12)8-9-17(23)21-10-16(22)20-14-6-1-2-7-15(14)21/h1-9H,10H2,(H,20,22)/b9-8+. The quantitative estimate of drug-likeness (QED) is 0.835. The number of benzene rings is 2. The molecule has 1 N–H and O–H groups in total. The molecule has 2 aromatic carbocycles. The highest BCUT2D eigenvalue weighted by Gasteiger charge is 2.25. The minimum absolute atomic E-state index is 0.0313. The minimum atomic E-state index is -0.316. The van der Waals surface area contributed by atoms with Crippen molar-refractivity contribution in [2.45, 2.75) is 0 Å². The number of anilines is 2. The minimum Gasteiger partial charge on any atom is -0.323 e. The van der Waals surface area contributed by atoms with Crippen LogP contribution in [0, 0.1) is 0 Å². The van der Waals surface area contributed by atoms with Crippen LogP contribution in [0.4, 0.5) is 11.4 Å². The van der Waals surface area contributed by atoms with Gasteiger partial charge in [-0.05, 0) is 30.3 Å². The highest BCUT2D eigenvalue weighted by Crippen LogP contribution is 2.30. The number of para-hydroxylation sites is 2. The van der Waals surface area contributed by atoms with Gasteiger partial charge < -0.3 is 5.32 Å². The van der Waals surface area contributed by atoms with E-state index < -0.39 is 0 Å². The van der Waals surface area contributed by atoms with E-state index in [1.54, 1.807) is 42.5 Å². The summed E-state index contributed by atoms with van der Waals surface area (Å²) in [6.45, 7) is -0.0313. The predicted molar refractivity (Wildman–Crippen MR) is 92.9 cm³/mol. The highest BCUT2D eigenvalue weighted by atomic mass is 35.5. The van der Waals surface area contributed by atoms with Crippen molar-refractivity contribution < 1.29 is 9.59 Å². The molecule has 1 aliphatic heterocycles. The average Bonchev–Trinajstić information content (AvgIpc) is 2.53. The fraction of sp³-hybridized carbons (Fsp3) is 0.0588. The van der Waals surface area contributed by atoms with Gasteiger partial charge in [0.15, 0.2) is 0 Å². The van der Waals surface area contributed by atoms with Gasteiger partial charge >= 0.3 is 0 Å². The molecule has 4 nitrogen and oxygen atoms in total. The first kappa shape index (κ1) is 15.6. The van der Waals surface area contributed by atoms with Gasteiger partial charge in [-0.2, -0.15) is 0 Å². The molecule has 1 heterocycles. The van der Waals surface area contributed by atoms with Crippen molar-refractivity contribution in [3.8, 4) is 0 Å².